The zero-order chi connectivity index (χ0) is 15.8. The van der Waals surface area contributed by atoms with E-state index in [4.69, 9.17) is 4.42 Å². The lowest BCUT2D eigenvalue weighted by molar-refractivity contribution is 0.0751. The fraction of sp³-hybridized carbons (Fsp3) is 0.588. The summed E-state index contributed by atoms with van der Waals surface area (Å²) in [5.41, 5.74) is 3.32. The van der Waals surface area contributed by atoms with Crippen molar-refractivity contribution in [3.8, 4) is 0 Å². The summed E-state index contributed by atoms with van der Waals surface area (Å²) in [4.78, 5) is 18.9. The van der Waals surface area contributed by atoms with Gasteiger partial charge in [-0.1, -0.05) is 0 Å². The van der Waals surface area contributed by atoms with Crippen LogP contribution in [0.1, 0.15) is 35.7 Å². The molecule has 1 aliphatic heterocycles. The molecule has 0 N–H and O–H groups in total. The molecular weight excluding hydrogens is 292 g/mol. The van der Waals surface area contributed by atoms with E-state index in [1.165, 1.54) is 12.8 Å². The molecule has 0 radical (unpaired) electrons. The fourth-order valence-electron chi connectivity index (χ4n) is 3.61. The maximum atomic E-state index is 12.2. The molecule has 3 heterocycles. The summed E-state index contributed by atoms with van der Waals surface area (Å²) in [6.07, 6.45) is 6.10. The topological polar surface area (TPSA) is 64.2 Å². The van der Waals surface area contributed by atoms with Gasteiger partial charge in [-0.25, -0.2) is 9.67 Å². The molecule has 0 amide bonds. The maximum Gasteiger partial charge on any atom is 0.267 e. The summed E-state index contributed by atoms with van der Waals surface area (Å²) >= 11 is 0. The van der Waals surface area contributed by atoms with Crippen LogP contribution in [-0.4, -0.2) is 32.8 Å². The van der Waals surface area contributed by atoms with E-state index in [2.05, 4.69) is 15.0 Å². The van der Waals surface area contributed by atoms with Gasteiger partial charge < -0.3 is 4.42 Å². The number of fused-ring (bicyclic) bond motifs is 1. The van der Waals surface area contributed by atoms with E-state index in [0.717, 1.165) is 56.0 Å². The highest BCUT2D eigenvalue weighted by atomic mass is 16.3. The second kappa shape index (κ2) is 5.92. The van der Waals surface area contributed by atoms with Gasteiger partial charge in [-0.15, -0.1) is 0 Å². The number of nitrogens with zero attached hydrogens (tertiary/aromatic N) is 4. The Morgan fingerprint density at radius 1 is 1.30 bits per heavy atom. The third-order valence-corrected chi connectivity index (χ3v) is 4.79. The minimum Gasteiger partial charge on any atom is -0.449 e. The minimum atomic E-state index is 0.0521. The highest BCUT2D eigenvalue weighted by molar-refractivity contribution is 5.20. The minimum absolute atomic E-state index is 0.0521. The van der Waals surface area contributed by atoms with Gasteiger partial charge >= 0.3 is 0 Å². The number of rotatable bonds is 4. The van der Waals surface area contributed by atoms with Crippen LogP contribution in [0.5, 0.6) is 0 Å². The number of oxazole rings is 1. The predicted molar refractivity (Wildman–Crippen MR) is 85.1 cm³/mol. The first-order chi connectivity index (χ1) is 11.2. The number of hydrogen-bond donors (Lipinski definition) is 0. The Kier molecular flexibility index (Phi) is 3.77. The summed E-state index contributed by atoms with van der Waals surface area (Å²) in [5.74, 6) is 1.21. The molecule has 4 rings (SSSR count). The van der Waals surface area contributed by atoms with Gasteiger partial charge in [-0.3, -0.25) is 9.69 Å². The van der Waals surface area contributed by atoms with Crippen LogP contribution < -0.4 is 5.56 Å². The Morgan fingerprint density at radius 2 is 2.13 bits per heavy atom. The van der Waals surface area contributed by atoms with Crippen LogP contribution in [0.25, 0.3) is 0 Å². The van der Waals surface area contributed by atoms with Crippen LogP contribution in [0.3, 0.4) is 0 Å². The molecule has 0 aromatic carbocycles. The van der Waals surface area contributed by atoms with Gasteiger partial charge in [0.05, 0.1) is 17.9 Å². The highest BCUT2D eigenvalue weighted by Gasteiger charge is 2.28. The molecule has 0 unspecified atom stereocenters. The first kappa shape index (κ1) is 14.6. The van der Waals surface area contributed by atoms with Gasteiger partial charge in [0, 0.05) is 38.5 Å². The molecule has 2 aromatic rings. The second-order valence-electron chi connectivity index (χ2n) is 6.76. The Bertz CT molecular complexity index is 758. The van der Waals surface area contributed by atoms with Crippen molar-refractivity contribution in [2.45, 2.75) is 45.7 Å². The Hall–Kier alpha value is -1.95. The van der Waals surface area contributed by atoms with E-state index in [0.29, 0.717) is 11.8 Å². The molecule has 0 atom stereocenters. The molecule has 1 saturated heterocycles. The molecule has 0 bridgehead atoms. The van der Waals surface area contributed by atoms with Gasteiger partial charge in [-0.05, 0) is 31.2 Å². The van der Waals surface area contributed by atoms with Crippen molar-refractivity contribution in [3.05, 3.63) is 45.5 Å². The number of likely N-dealkylation sites (tertiary alicyclic amines) is 1. The Morgan fingerprint density at radius 3 is 2.91 bits per heavy atom. The van der Waals surface area contributed by atoms with E-state index < -0.39 is 0 Å². The number of hydrogen-bond acceptors (Lipinski definition) is 5. The second-order valence-corrected chi connectivity index (χ2v) is 6.76. The van der Waals surface area contributed by atoms with Crippen LogP contribution in [-0.2, 0) is 25.9 Å². The first-order valence-electron chi connectivity index (χ1n) is 8.40. The van der Waals surface area contributed by atoms with E-state index in [-0.39, 0.29) is 5.56 Å². The average Bonchev–Trinajstić information content (AvgIpc) is 2.91. The normalized spacial score (nSPS) is 18.7. The van der Waals surface area contributed by atoms with E-state index >= 15 is 0 Å². The van der Waals surface area contributed by atoms with Crippen molar-refractivity contribution in [1.82, 2.24) is 19.7 Å². The molecule has 122 valence electrons. The molecule has 23 heavy (non-hydrogen) atoms. The summed E-state index contributed by atoms with van der Waals surface area (Å²) in [5, 5.41) is 4.61. The molecule has 1 aliphatic carbocycles. The Balaban J connectivity index is 1.36. The molecule has 1 fully saturated rings. The number of aryl methyl sites for hydroxylation is 3. The van der Waals surface area contributed by atoms with Crippen LogP contribution in [0.2, 0.25) is 0 Å². The first-order valence-corrected chi connectivity index (χ1v) is 8.40. The van der Waals surface area contributed by atoms with Crippen LogP contribution in [0.4, 0.5) is 0 Å². The van der Waals surface area contributed by atoms with Crippen LogP contribution >= 0.6 is 0 Å². The van der Waals surface area contributed by atoms with Crippen molar-refractivity contribution < 1.29 is 4.42 Å². The quantitative estimate of drug-likeness (QED) is 0.857. The standard InChI is InChI=1S/C17H22N4O2/c1-12-18-15(11-23-12)10-20-7-13(8-20)9-21-17(22)6-14-4-2-3-5-16(14)19-21/h6,11,13H,2-5,7-10H2,1H3. The third kappa shape index (κ3) is 3.08. The monoisotopic (exact) mass is 314 g/mol. The smallest absolute Gasteiger partial charge is 0.267 e. The predicted octanol–water partition coefficient (Wildman–Crippen LogP) is 1.55. The number of aromatic nitrogens is 3. The molecule has 6 nitrogen and oxygen atoms in total. The highest BCUT2D eigenvalue weighted by Crippen LogP contribution is 2.21. The van der Waals surface area contributed by atoms with Crippen molar-refractivity contribution in [2.75, 3.05) is 13.1 Å². The van der Waals surface area contributed by atoms with Gasteiger partial charge in [0.2, 0.25) is 0 Å². The lowest BCUT2D eigenvalue weighted by atomic mass is 9.96. The summed E-state index contributed by atoms with van der Waals surface area (Å²) in [6.45, 7) is 5.37. The van der Waals surface area contributed by atoms with E-state index in [9.17, 15) is 4.79 Å². The average molecular weight is 314 g/mol. The lowest BCUT2D eigenvalue weighted by Gasteiger charge is -2.38. The van der Waals surface area contributed by atoms with Crippen LogP contribution in [0, 0.1) is 12.8 Å². The van der Waals surface area contributed by atoms with Gasteiger partial charge in [0.1, 0.15) is 6.26 Å². The van der Waals surface area contributed by atoms with Crippen molar-refractivity contribution in [2.24, 2.45) is 5.92 Å². The van der Waals surface area contributed by atoms with E-state index in [1.807, 2.05) is 6.92 Å². The molecule has 0 spiro atoms. The largest absolute Gasteiger partial charge is 0.449 e. The molecule has 6 heteroatoms. The summed E-state index contributed by atoms with van der Waals surface area (Å²) in [6, 6.07) is 1.80. The van der Waals surface area contributed by atoms with Gasteiger partial charge in [0.15, 0.2) is 5.89 Å². The Labute approximate surface area is 135 Å². The molecule has 2 aromatic heterocycles. The van der Waals surface area contributed by atoms with Gasteiger partial charge in [0.25, 0.3) is 5.56 Å². The maximum absolute atomic E-state index is 12.2. The zero-order valence-corrected chi connectivity index (χ0v) is 13.5. The molecule has 2 aliphatic rings. The SMILES string of the molecule is Cc1nc(CN2CC(Cn3nc4c(cc3=O)CCCC4)C2)co1. The van der Waals surface area contributed by atoms with Crippen molar-refractivity contribution >= 4 is 0 Å². The fourth-order valence-corrected chi connectivity index (χ4v) is 3.61. The molecule has 0 saturated carbocycles. The van der Waals surface area contributed by atoms with Crippen LogP contribution in [0.15, 0.2) is 21.5 Å². The van der Waals surface area contributed by atoms with Gasteiger partial charge in [-0.2, -0.15) is 5.10 Å². The third-order valence-electron chi connectivity index (χ3n) is 4.79. The summed E-state index contributed by atoms with van der Waals surface area (Å²) in [7, 11) is 0. The van der Waals surface area contributed by atoms with Crippen molar-refractivity contribution in [1.29, 1.82) is 0 Å². The van der Waals surface area contributed by atoms with E-state index in [1.54, 1.807) is 17.0 Å². The lowest BCUT2D eigenvalue weighted by Crippen LogP contribution is -2.49. The molecular formula is C17H22N4O2. The zero-order valence-electron chi connectivity index (χ0n) is 13.5. The summed E-state index contributed by atoms with van der Waals surface area (Å²) < 4.78 is 6.90. The van der Waals surface area contributed by atoms with Crippen molar-refractivity contribution in [3.63, 3.8) is 0 Å².